The zero-order valence-electron chi connectivity index (χ0n) is 12.1. The van der Waals surface area contributed by atoms with E-state index < -0.39 is 6.10 Å². The summed E-state index contributed by atoms with van der Waals surface area (Å²) in [6.45, 7) is 3.95. The molecule has 1 atom stereocenters. The molecule has 0 aliphatic carbocycles. The highest BCUT2D eigenvalue weighted by atomic mass is 32.2. The fraction of sp³-hybridized carbons (Fsp3) is 0.333. The lowest BCUT2D eigenvalue weighted by molar-refractivity contribution is -0.118. The second-order valence-corrected chi connectivity index (χ2v) is 5.75. The third kappa shape index (κ3) is 4.34. The number of para-hydroxylation sites is 1. The minimum atomic E-state index is -0.534. The number of benzene rings is 1. The molecule has 1 aromatic carbocycles. The van der Waals surface area contributed by atoms with E-state index in [2.05, 4.69) is 10.3 Å². The molecule has 0 aliphatic heterocycles. The number of amides is 1. The van der Waals surface area contributed by atoms with Crippen LogP contribution >= 0.6 is 11.8 Å². The van der Waals surface area contributed by atoms with E-state index in [9.17, 15) is 4.79 Å². The van der Waals surface area contributed by atoms with Crippen LogP contribution in [0.15, 0.2) is 41.8 Å². The van der Waals surface area contributed by atoms with E-state index in [1.807, 2.05) is 42.0 Å². The van der Waals surface area contributed by atoms with Crippen molar-refractivity contribution < 1.29 is 9.90 Å². The minimum absolute atomic E-state index is 0.111. The number of nitrogens with one attached hydrogen (secondary N) is 1. The molecule has 1 heterocycles. The van der Waals surface area contributed by atoms with Crippen molar-refractivity contribution in [3.63, 3.8) is 0 Å². The van der Waals surface area contributed by atoms with Gasteiger partial charge < -0.3 is 10.4 Å². The lowest BCUT2D eigenvalue weighted by atomic mass is 10.2. The number of aliphatic hydroxyl groups excluding tert-OH is 1. The number of hydrogen-bond acceptors (Lipinski definition) is 4. The fourth-order valence-corrected chi connectivity index (χ4v) is 2.65. The van der Waals surface area contributed by atoms with Gasteiger partial charge in [-0.1, -0.05) is 30.0 Å². The van der Waals surface area contributed by atoms with Crippen molar-refractivity contribution in [1.82, 2.24) is 14.9 Å². The predicted molar refractivity (Wildman–Crippen MR) is 83.7 cm³/mol. The molecule has 2 N–H and O–H groups in total. The van der Waals surface area contributed by atoms with Gasteiger partial charge in [0.15, 0.2) is 5.16 Å². The van der Waals surface area contributed by atoms with Gasteiger partial charge >= 0.3 is 0 Å². The second kappa shape index (κ2) is 7.28. The Labute approximate surface area is 128 Å². The highest BCUT2D eigenvalue weighted by Crippen LogP contribution is 2.22. The Kier molecular flexibility index (Phi) is 5.41. The summed E-state index contributed by atoms with van der Waals surface area (Å²) in [6, 6.07) is 8.03. The quantitative estimate of drug-likeness (QED) is 0.798. The van der Waals surface area contributed by atoms with Gasteiger partial charge in [-0.25, -0.2) is 4.98 Å². The zero-order chi connectivity index (χ0) is 15.2. The van der Waals surface area contributed by atoms with E-state index in [4.69, 9.17) is 5.11 Å². The number of carbonyl (C=O) groups is 1. The average Bonchev–Trinajstić information content (AvgIpc) is 2.91. The number of hydrogen-bond donors (Lipinski definition) is 2. The van der Waals surface area contributed by atoms with Gasteiger partial charge in [0.2, 0.25) is 5.91 Å². The monoisotopic (exact) mass is 305 g/mol. The van der Waals surface area contributed by atoms with Crippen molar-refractivity contribution in [2.24, 2.45) is 0 Å². The Morgan fingerprint density at radius 1 is 1.48 bits per heavy atom. The molecule has 0 bridgehead atoms. The predicted octanol–water partition coefficient (Wildman–Crippen LogP) is 1.77. The molecule has 21 heavy (non-hydrogen) atoms. The van der Waals surface area contributed by atoms with Gasteiger partial charge in [0.25, 0.3) is 0 Å². The van der Waals surface area contributed by atoms with Gasteiger partial charge in [-0.2, -0.15) is 0 Å². The largest absolute Gasteiger partial charge is 0.392 e. The molecule has 0 radical (unpaired) electrons. The summed E-state index contributed by atoms with van der Waals surface area (Å²) in [4.78, 5) is 16.0. The van der Waals surface area contributed by atoms with E-state index in [-0.39, 0.29) is 18.2 Å². The molecule has 0 aliphatic rings. The number of thioether (sulfide) groups is 1. The van der Waals surface area contributed by atoms with Crippen molar-refractivity contribution in [3.8, 4) is 5.69 Å². The molecule has 5 nitrogen and oxygen atoms in total. The maximum absolute atomic E-state index is 11.7. The number of carbonyl (C=O) groups excluding carboxylic acids is 1. The summed E-state index contributed by atoms with van der Waals surface area (Å²) in [5, 5.41) is 12.6. The molecule has 0 spiro atoms. The third-order valence-corrected chi connectivity index (χ3v) is 3.88. The van der Waals surface area contributed by atoms with Gasteiger partial charge in [-0.15, -0.1) is 0 Å². The van der Waals surface area contributed by atoms with E-state index in [1.54, 1.807) is 13.1 Å². The van der Waals surface area contributed by atoms with Crippen molar-refractivity contribution in [1.29, 1.82) is 0 Å². The van der Waals surface area contributed by atoms with Crippen LogP contribution in [-0.4, -0.2) is 39.0 Å². The number of rotatable bonds is 6. The average molecular weight is 305 g/mol. The molecule has 2 aromatic rings. The SMILES string of the molecule is Cc1ccccc1-n1ccnc1SCC(=O)NCC(C)O. The topological polar surface area (TPSA) is 67.2 Å². The van der Waals surface area contributed by atoms with Gasteiger partial charge in [-0.3, -0.25) is 9.36 Å². The Bertz CT molecular complexity index is 610. The number of nitrogens with zero attached hydrogens (tertiary/aromatic N) is 2. The first-order valence-electron chi connectivity index (χ1n) is 6.75. The van der Waals surface area contributed by atoms with Gasteiger partial charge in [0.05, 0.1) is 17.5 Å². The van der Waals surface area contributed by atoms with Gasteiger partial charge in [0.1, 0.15) is 0 Å². The number of aliphatic hydroxyl groups is 1. The minimum Gasteiger partial charge on any atom is -0.392 e. The highest BCUT2D eigenvalue weighted by Gasteiger charge is 2.10. The van der Waals surface area contributed by atoms with E-state index in [0.717, 1.165) is 16.4 Å². The number of aryl methyl sites for hydroxylation is 1. The zero-order valence-corrected chi connectivity index (χ0v) is 12.9. The maximum Gasteiger partial charge on any atom is 0.230 e. The van der Waals surface area contributed by atoms with Crippen LogP contribution in [-0.2, 0) is 4.79 Å². The molecule has 1 aromatic heterocycles. The summed E-state index contributed by atoms with van der Waals surface area (Å²) < 4.78 is 1.97. The van der Waals surface area contributed by atoms with E-state index in [1.165, 1.54) is 11.8 Å². The summed E-state index contributed by atoms with van der Waals surface area (Å²) in [6.07, 6.45) is 3.08. The van der Waals surface area contributed by atoms with Crippen LogP contribution in [0, 0.1) is 6.92 Å². The Morgan fingerprint density at radius 3 is 2.95 bits per heavy atom. The Morgan fingerprint density at radius 2 is 2.24 bits per heavy atom. The van der Waals surface area contributed by atoms with Crippen LogP contribution in [0.1, 0.15) is 12.5 Å². The normalized spacial score (nSPS) is 12.1. The second-order valence-electron chi connectivity index (χ2n) is 4.81. The van der Waals surface area contributed by atoms with Crippen LogP contribution in [0.3, 0.4) is 0 Å². The van der Waals surface area contributed by atoms with Gasteiger partial charge in [0, 0.05) is 18.9 Å². The summed E-state index contributed by atoms with van der Waals surface area (Å²) >= 11 is 1.38. The Balaban J connectivity index is 2.02. The summed E-state index contributed by atoms with van der Waals surface area (Å²) in [7, 11) is 0. The lowest BCUT2D eigenvalue weighted by Gasteiger charge is -2.10. The van der Waals surface area contributed by atoms with Crippen LogP contribution in [0.25, 0.3) is 5.69 Å². The van der Waals surface area contributed by atoms with Crippen molar-refractivity contribution in [3.05, 3.63) is 42.2 Å². The number of imidazole rings is 1. The van der Waals surface area contributed by atoms with Crippen molar-refractivity contribution in [2.75, 3.05) is 12.3 Å². The van der Waals surface area contributed by atoms with Crippen LogP contribution < -0.4 is 5.32 Å². The first kappa shape index (κ1) is 15.6. The molecule has 0 fully saturated rings. The smallest absolute Gasteiger partial charge is 0.230 e. The summed E-state index contributed by atoms with van der Waals surface area (Å²) in [5.74, 6) is 0.163. The molecule has 6 heteroatoms. The third-order valence-electron chi connectivity index (χ3n) is 2.91. The maximum atomic E-state index is 11.7. The molecule has 0 saturated heterocycles. The summed E-state index contributed by atoms with van der Waals surface area (Å²) in [5.41, 5.74) is 2.21. The first-order valence-corrected chi connectivity index (χ1v) is 7.73. The Hall–Kier alpha value is -1.79. The van der Waals surface area contributed by atoms with Crippen LogP contribution in [0.5, 0.6) is 0 Å². The molecule has 2 rings (SSSR count). The molecule has 1 unspecified atom stereocenters. The van der Waals surface area contributed by atoms with E-state index >= 15 is 0 Å². The number of aromatic nitrogens is 2. The van der Waals surface area contributed by atoms with Crippen molar-refractivity contribution >= 4 is 17.7 Å². The first-order chi connectivity index (χ1) is 10.1. The standard InChI is InChI=1S/C15H19N3O2S/c1-11-5-3-4-6-13(11)18-8-7-16-15(18)21-10-14(20)17-9-12(2)19/h3-8,12,19H,9-10H2,1-2H3,(H,17,20). The van der Waals surface area contributed by atoms with Crippen LogP contribution in [0.4, 0.5) is 0 Å². The molecular weight excluding hydrogens is 286 g/mol. The lowest BCUT2D eigenvalue weighted by Crippen LogP contribution is -2.31. The molecule has 0 saturated carbocycles. The molecule has 112 valence electrons. The molecule has 1 amide bonds. The molecular formula is C15H19N3O2S. The fourth-order valence-electron chi connectivity index (χ4n) is 1.86. The van der Waals surface area contributed by atoms with Crippen LogP contribution in [0.2, 0.25) is 0 Å². The van der Waals surface area contributed by atoms with E-state index in [0.29, 0.717) is 0 Å². The highest BCUT2D eigenvalue weighted by molar-refractivity contribution is 7.99. The van der Waals surface area contributed by atoms with Crippen molar-refractivity contribution in [2.45, 2.75) is 25.1 Å². The van der Waals surface area contributed by atoms with Gasteiger partial charge in [-0.05, 0) is 25.5 Å².